The van der Waals surface area contributed by atoms with Crippen LogP contribution in [0.3, 0.4) is 0 Å². The molecule has 43 heavy (non-hydrogen) atoms. The Morgan fingerprint density at radius 2 is 1.74 bits per heavy atom. The number of benzene rings is 3. The van der Waals surface area contributed by atoms with Crippen LogP contribution in [0.15, 0.2) is 66.7 Å². The first-order valence-electron chi connectivity index (χ1n) is 14.4. The second-order valence-electron chi connectivity index (χ2n) is 10.6. The number of hydrogen-bond donors (Lipinski definition) is 1. The molecule has 0 aliphatic carbocycles. The summed E-state index contributed by atoms with van der Waals surface area (Å²) in [6, 6.07) is 19.2. The smallest absolute Gasteiger partial charge is 0.251 e. The zero-order valence-electron chi connectivity index (χ0n) is 23.7. The van der Waals surface area contributed by atoms with Gasteiger partial charge in [-0.2, -0.15) is 0 Å². The second kappa shape index (κ2) is 11.4. The van der Waals surface area contributed by atoms with E-state index >= 15 is 0 Å². The lowest BCUT2D eigenvalue weighted by Gasteiger charge is -2.32. The molecule has 0 spiro atoms. The third-order valence-electron chi connectivity index (χ3n) is 7.88. The lowest BCUT2D eigenvalue weighted by Crippen LogP contribution is -2.47. The van der Waals surface area contributed by atoms with Crippen molar-refractivity contribution in [2.24, 2.45) is 7.05 Å². The molecule has 12 nitrogen and oxygen atoms in total. The van der Waals surface area contributed by atoms with Gasteiger partial charge in [-0.15, -0.1) is 5.10 Å². The number of amides is 2. The van der Waals surface area contributed by atoms with Crippen molar-refractivity contribution in [2.75, 3.05) is 31.3 Å². The molecule has 2 aliphatic heterocycles. The van der Waals surface area contributed by atoms with Gasteiger partial charge >= 0.3 is 0 Å². The van der Waals surface area contributed by atoms with Crippen LogP contribution in [0.5, 0.6) is 11.5 Å². The van der Waals surface area contributed by atoms with Gasteiger partial charge < -0.3 is 24.1 Å². The standard InChI is InChI=1S/C31H31N7O5/c1-36-24-10-4-2-8-22(24)33-30(36)29(31(40)32-18-21-7-6-14-41-21)38(20-12-13-26-27(17-20)43-16-15-42-26)28(39)19-37-25-11-5-3-9-23(25)34-35-37/h2-5,8-13,17,21,29H,6-7,14-16,18-19H2,1H3,(H,32,40)/t21-,29+/m0/s1. The first-order valence-corrected chi connectivity index (χ1v) is 14.4. The topological polar surface area (TPSA) is 126 Å². The predicted octanol–water partition coefficient (Wildman–Crippen LogP) is 3.16. The average molecular weight is 582 g/mol. The van der Waals surface area contributed by atoms with Crippen LogP contribution in [0.4, 0.5) is 5.69 Å². The van der Waals surface area contributed by atoms with Crippen LogP contribution in [-0.4, -0.2) is 68.8 Å². The molecule has 1 saturated heterocycles. The number of para-hydroxylation sites is 3. The third-order valence-corrected chi connectivity index (χ3v) is 7.88. The number of nitrogens with zero attached hydrogens (tertiary/aromatic N) is 6. The molecule has 4 heterocycles. The van der Waals surface area contributed by atoms with Gasteiger partial charge in [0, 0.05) is 32.0 Å². The Bertz CT molecular complexity index is 1810. The Hall–Kier alpha value is -4.97. The van der Waals surface area contributed by atoms with E-state index in [1.165, 1.54) is 4.90 Å². The maximum atomic E-state index is 14.5. The fraction of sp³-hybridized carbons (Fsp3) is 0.323. The van der Waals surface area contributed by atoms with Crippen molar-refractivity contribution in [1.82, 2.24) is 29.9 Å². The average Bonchev–Trinajstić information content (AvgIpc) is 3.78. The van der Waals surface area contributed by atoms with E-state index in [2.05, 4.69) is 15.6 Å². The van der Waals surface area contributed by atoms with Gasteiger partial charge in [-0.1, -0.05) is 29.5 Å². The normalized spacial score (nSPS) is 16.8. The number of aryl methyl sites for hydroxylation is 1. The maximum absolute atomic E-state index is 14.5. The largest absolute Gasteiger partial charge is 0.486 e. The van der Waals surface area contributed by atoms with E-state index in [-0.39, 0.29) is 24.5 Å². The minimum Gasteiger partial charge on any atom is -0.486 e. The van der Waals surface area contributed by atoms with E-state index in [9.17, 15) is 9.59 Å². The summed E-state index contributed by atoms with van der Waals surface area (Å²) < 4.78 is 20.8. The van der Waals surface area contributed by atoms with Gasteiger partial charge in [-0.3, -0.25) is 14.5 Å². The maximum Gasteiger partial charge on any atom is 0.251 e. The number of imidazole rings is 1. The Morgan fingerprint density at radius 1 is 0.977 bits per heavy atom. The van der Waals surface area contributed by atoms with Gasteiger partial charge in [0.1, 0.15) is 31.1 Å². The molecule has 220 valence electrons. The number of nitrogens with one attached hydrogen (secondary N) is 1. The molecule has 0 radical (unpaired) electrons. The van der Waals surface area contributed by atoms with Crippen molar-refractivity contribution < 1.29 is 23.8 Å². The third kappa shape index (κ3) is 5.14. The summed E-state index contributed by atoms with van der Waals surface area (Å²) in [6.07, 6.45) is 1.73. The molecule has 2 amide bonds. The van der Waals surface area contributed by atoms with Gasteiger partial charge in [0.2, 0.25) is 5.91 Å². The van der Waals surface area contributed by atoms with Crippen LogP contribution in [0.25, 0.3) is 22.1 Å². The van der Waals surface area contributed by atoms with Crippen LogP contribution < -0.4 is 19.7 Å². The molecular formula is C31H31N7O5. The van der Waals surface area contributed by atoms with Crippen molar-refractivity contribution in [1.29, 1.82) is 0 Å². The first kappa shape index (κ1) is 26.9. The molecule has 1 N–H and O–H groups in total. The molecule has 1 fully saturated rings. The summed E-state index contributed by atoms with van der Waals surface area (Å²) in [5.41, 5.74) is 3.39. The highest BCUT2D eigenvalue weighted by molar-refractivity contribution is 6.02. The number of ether oxygens (including phenoxy) is 3. The van der Waals surface area contributed by atoms with E-state index < -0.39 is 6.04 Å². The molecular weight excluding hydrogens is 550 g/mol. The monoisotopic (exact) mass is 581 g/mol. The minimum atomic E-state index is -1.12. The number of anilines is 1. The Balaban J connectivity index is 1.34. The molecule has 2 aliphatic rings. The number of hydrogen-bond acceptors (Lipinski definition) is 8. The number of carbonyl (C=O) groups excluding carboxylic acids is 2. The number of carbonyl (C=O) groups is 2. The van der Waals surface area contributed by atoms with E-state index in [1.807, 2.05) is 60.1 Å². The van der Waals surface area contributed by atoms with Gasteiger partial charge in [0.05, 0.1) is 22.7 Å². The highest BCUT2D eigenvalue weighted by Gasteiger charge is 2.37. The van der Waals surface area contributed by atoms with Gasteiger partial charge in [-0.25, -0.2) is 9.67 Å². The first-order chi connectivity index (χ1) is 21.1. The molecule has 7 rings (SSSR count). The van der Waals surface area contributed by atoms with E-state index in [0.29, 0.717) is 65.9 Å². The summed E-state index contributed by atoms with van der Waals surface area (Å²) in [6.45, 7) is 1.65. The van der Waals surface area contributed by atoms with Crippen LogP contribution in [-0.2, 0) is 27.9 Å². The quantitative estimate of drug-likeness (QED) is 0.296. The van der Waals surface area contributed by atoms with Gasteiger partial charge in [0.25, 0.3) is 5.91 Å². The molecule has 5 aromatic rings. The van der Waals surface area contributed by atoms with Crippen molar-refractivity contribution in [2.45, 2.75) is 31.5 Å². The predicted molar refractivity (Wildman–Crippen MR) is 158 cm³/mol. The minimum absolute atomic E-state index is 0.0787. The van der Waals surface area contributed by atoms with Crippen LogP contribution >= 0.6 is 0 Å². The molecule has 12 heteroatoms. The Morgan fingerprint density at radius 3 is 2.53 bits per heavy atom. The van der Waals surface area contributed by atoms with Crippen LogP contribution in [0.1, 0.15) is 24.7 Å². The van der Waals surface area contributed by atoms with E-state index in [0.717, 1.165) is 18.4 Å². The molecule has 2 atom stereocenters. The Kier molecular flexibility index (Phi) is 7.11. The van der Waals surface area contributed by atoms with Crippen LogP contribution in [0.2, 0.25) is 0 Å². The zero-order chi connectivity index (χ0) is 29.3. The van der Waals surface area contributed by atoms with E-state index in [4.69, 9.17) is 19.2 Å². The summed E-state index contributed by atoms with van der Waals surface area (Å²) in [5, 5.41) is 11.5. The molecule has 2 aromatic heterocycles. The van der Waals surface area contributed by atoms with Crippen molar-refractivity contribution in [3.63, 3.8) is 0 Å². The lowest BCUT2D eigenvalue weighted by molar-refractivity contribution is -0.127. The fourth-order valence-corrected chi connectivity index (χ4v) is 5.73. The highest BCUT2D eigenvalue weighted by Crippen LogP contribution is 2.37. The summed E-state index contributed by atoms with van der Waals surface area (Å²) in [7, 11) is 1.85. The number of rotatable bonds is 8. The molecule has 3 aromatic carbocycles. The fourth-order valence-electron chi connectivity index (χ4n) is 5.73. The van der Waals surface area contributed by atoms with Gasteiger partial charge in [0.15, 0.2) is 17.5 Å². The summed E-state index contributed by atoms with van der Waals surface area (Å²) in [4.78, 5) is 35.0. The molecule has 0 bridgehead atoms. The van der Waals surface area contributed by atoms with E-state index in [1.54, 1.807) is 22.9 Å². The number of aromatic nitrogens is 5. The van der Waals surface area contributed by atoms with Crippen molar-refractivity contribution in [3.8, 4) is 11.5 Å². The van der Waals surface area contributed by atoms with Crippen molar-refractivity contribution >= 4 is 39.6 Å². The number of fused-ring (bicyclic) bond motifs is 3. The summed E-state index contributed by atoms with van der Waals surface area (Å²) in [5.74, 6) is 0.734. The van der Waals surface area contributed by atoms with Crippen molar-refractivity contribution in [3.05, 3.63) is 72.6 Å². The van der Waals surface area contributed by atoms with Gasteiger partial charge in [-0.05, 0) is 49.2 Å². The second-order valence-corrected chi connectivity index (χ2v) is 10.6. The lowest BCUT2D eigenvalue weighted by atomic mass is 10.1. The molecule has 0 unspecified atom stereocenters. The Labute approximate surface area is 247 Å². The summed E-state index contributed by atoms with van der Waals surface area (Å²) >= 11 is 0. The van der Waals surface area contributed by atoms with Crippen LogP contribution in [0, 0.1) is 0 Å². The SMILES string of the molecule is Cn1c([C@H](C(=O)NC[C@@H]2CCCO2)N(C(=O)Cn2nnc3ccccc32)c2ccc3c(c2)OCCO3)nc2ccccc21. The highest BCUT2D eigenvalue weighted by atomic mass is 16.6. The zero-order valence-corrected chi connectivity index (χ0v) is 23.7. The molecule has 0 saturated carbocycles.